The number of hydrogen-bond acceptors (Lipinski definition) is 3. The van der Waals surface area contributed by atoms with Crippen molar-refractivity contribution >= 4 is 5.95 Å². The SMILES string of the molecule is COc1ccc(-c2nc(N)[nH]c2C)cc1C. The van der Waals surface area contributed by atoms with Crippen LogP contribution in [0.2, 0.25) is 0 Å². The average Bonchev–Trinajstić information content (AvgIpc) is 2.58. The largest absolute Gasteiger partial charge is 0.496 e. The molecule has 0 saturated heterocycles. The van der Waals surface area contributed by atoms with Crippen LogP contribution in [0.15, 0.2) is 18.2 Å². The molecule has 0 spiro atoms. The van der Waals surface area contributed by atoms with Gasteiger partial charge in [-0.15, -0.1) is 0 Å². The van der Waals surface area contributed by atoms with Gasteiger partial charge < -0.3 is 15.5 Å². The van der Waals surface area contributed by atoms with Gasteiger partial charge in [0.2, 0.25) is 0 Å². The summed E-state index contributed by atoms with van der Waals surface area (Å²) in [6.45, 7) is 3.96. The van der Waals surface area contributed by atoms with Gasteiger partial charge in [-0.05, 0) is 37.6 Å². The Kier molecular flexibility index (Phi) is 2.56. The van der Waals surface area contributed by atoms with Crippen LogP contribution < -0.4 is 10.5 Å². The van der Waals surface area contributed by atoms with Gasteiger partial charge in [-0.2, -0.15) is 0 Å². The maximum Gasteiger partial charge on any atom is 0.198 e. The second-order valence-electron chi connectivity index (χ2n) is 3.78. The molecule has 84 valence electrons. The molecule has 0 fully saturated rings. The number of imidazole rings is 1. The second-order valence-corrected chi connectivity index (χ2v) is 3.78. The third kappa shape index (κ3) is 1.74. The van der Waals surface area contributed by atoms with Gasteiger partial charge in [-0.1, -0.05) is 0 Å². The molecule has 0 amide bonds. The van der Waals surface area contributed by atoms with E-state index in [0.29, 0.717) is 5.95 Å². The summed E-state index contributed by atoms with van der Waals surface area (Å²) < 4.78 is 5.22. The van der Waals surface area contributed by atoms with E-state index < -0.39 is 0 Å². The number of rotatable bonds is 2. The summed E-state index contributed by atoms with van der Waals surface area (Å²) in [5, 5.41) is 0. The highest BCUT2D eigenvalue weighted by Crippen LogP contribution is 2.27. The average molecular weight is 217 g/mol. The van der Waals surface area contributed by atoms with Crippen LogP contribution in [0.3, 0.4) is 0 Å². The van der Waals surface area contributed by atoms with Crippen LogP contribution in [-0.2, 0) is 0 Å². The van der Waals surface area contributed by atoms with Gasteiger partial charge in [0.25, 0.3) is 0 Å². The van der Waals surface area contributed by atoms with E-state index in [9.17, 15) is 0 Å². The van der Waals surface area contributed by atoms with Gasteiger partial charge in [-0.25, -0.2) is 4.98 Å². The quantitative estimate of drug-likeness (QED) is 0.811. The van der Waals surface area contributed by atoms with Crippen LogP contribution in [0, 0.1) is 13.8 Å². The highest BCUT2D eigenvalue weighted by Gasteiger charge is 2.08. The number of benzene rings is 1. The number of nitrogens with two attached hydrogens (primary N) is 1. The molecule has 1 aromatic carbocycles. The molecule has 16 heavy (non-hydrogen) atoms. The molecule has 1 aromatic heterocycles. The molecule has 0 saturated carbocycles. The van der Waals surface area contributed by atoms with Crippen molar-refractivity contribution in [2.45, 2.75) is 13.8 Å². The summed E-state index contributed by atoms with van der Waals surface area (Å²) >= 11 is 0. The zero-order valence-electron chi connectivity index (χ0n) is 9.66. The lowest BCUT2D eigenvalue weighted by atomic mass is 10.1. The lowest BCUT2D eigenvalue weighted by Crippen LogP contribution is -1.89. The Morgan fingerprint density at radius 1 is 1.31 bits per heavy atom. The summed E-state index contributed by atoms with van der Waals surface area (Å²) in [6, 6.07) is 5.96. The Balaban J connectivity index is 2.49. The fourth-order valence-corrected chi connectivity index (χ4v) is 1.79. The summed E-state index contributed by atoms with van der Waals surface area (Å²) in [5.74, 6) is 1.32. The number of nitrogen functional groups attached to an aromatic ring is 1. The first-order chi connectivity index (χ1) is 7.61. The predicted molar refractivity (Wildman–Crippen MR) is 64.5 cm³/mol. The number of ether oxygens (including phenoxy) is 1. The minimum atomic E-state index is 0.445. The molecule has 0 unspecified atom stereocenters. The standard InChI is InChI=1S/C12H15N3O/c1-7-6-9(4-5-10(7)16-3)11-8(2)14-12(13)15-11/h4-6H,1-3H3,(H3,13,14,15). The summed E-state index contributed by atoms with van der Waals surface area (Å²) in [7, 11) is 1.67. The van der Waals surface area contributed by atoms with Gasteiger partial charge in [0.1, 0.15) is 5.75 Å². The predicted octanol–water partition coefficient (Wildman–Crippen LogP) is 2.28. The maximum atomic E-state index is 5.62. The van der Waals surface area contributed by atoms with Crippen molar-refractivity contribution in [1.82, 2.24) is 9.97 Å². The van der Waals surface area contributed by atoms with E-state index in [2.05, 4.69) is 9.97 Å². The number of nitrogens with one attached hydrogen (secondary N) is 1. The molecular weight excluding hydrogens is 202 g/mol. The van der Waals surface area contributed by atoms with E-state index in [1.165, 1.54) is 0 Å². The summed E-state index contributed by atoms with van der Waals surface area (Å²) in [6.07, 6.45) is 0. The number of aryl methyl sites for hydroxylation is 2. The Morgan fingerprint density at radius 2 is 2.06 bits per heavy atom. The fraction of sp³-hybridized carbons (Fsp3) is 0.250. The molecular formula is C12H15N3O. The first kappa shape index (κ1) is 10.5. The normalized spacial score (nSPS) is 10.4. The molecule has 0 aliphatic carbocycles. The van der Waals surface area contributed by atoms with Crippen molar-refractivity contribution in [3.63, 3.8) is 0 Å². The Hall–Kier alpha value is -1.97. The van der Waals surface area contributed by atoms with Crippen molar-refractivity contribution in [3.8, 4) is 17.0 Å². The van der Waals surface area contributed by atoms with Crippen molar-refractivity contribution in [2.24, 2.45) is 0 Å². The van der Waals surface area contributed by atoms with Crippen LogP contribution in [-0.4, -0.2) is 17.1 Å². The fourth-order valence-electron chi connectivity index (χ4n) is 1.79. The van der Waals surface area contributed by atoms with Crippen LogP contribution in [0.25, 0.3) is 11.3 Å². The van der Waals surface area contributed by atoms with Gasteiger partial charge in [-0.3, -0.25) is 0 Å². The van der Waals surface area contributed by atoms with Crippen LogP contribution in [0.4, 0.5) is 5.95 Å². The van der Waals surface area contributed by atoms with E-state index in [4.69, 9.17) is 10.5 Å². The Morgan fingerprint density at radius 3 is 2.56 bits per heavy atom. The Labute approximate surface area is 94.5 Å². The lowest BCUT2D eigenvalue weighted by Gasteiger charge is -2.06. The van der Waals surface area contributed by atoms with Gasteiger partial charge in [0, 0.05) is 11.3 Å². The zero-order valence-corrected chi connectivity index (χ0v) is 9.66. The third-order valence-electron chi connectivity index (χ3n) is 2.57. The first-order valence-electron chi connectivity index (χ1n) is 5.09. The molecule has 0 aliphatic rings. The van der Waals surface area contributed by atoms with Gasteiger partial charge in [0.05, 0.1) is 12.8 Å². The van der Waals surface area contributed by atoms with Crippen molar-refractivity contribution in [2.75, 3.05) is 12.8 Å². The van der Waals surface area contributed by atoms with E-state index in [0.717, 1.165) is 28.3 Å². The molecule has 2 rings (SSSR count). The van der Waals surface area contributed by atoms with Crippen LogP contribution >= 0.6 is 0 Å². The van der Waals surface area contributed by atoms with Crippen LogP contribution in [0.1, 0.15) is 11.3 Å². The van der Waals surface area contributed by atoms with Gasteiger partial charge >= 0.3 is 0 Å². The molecule has 0 aliphatic heterocycles. The molecule has 0 radical (unpaired) electrons. The second kappa shape index (κ2) is 3.89. The number of hydrogen-bond donors (Lipinski definition) is 2. The monoisotopic (exact) mass is 217 g/mol. The maximum absolute atomic E-state index is 5.62. The molecule has 3 N–H and O–H groups in total. The third-order valence-corrected chi connectivity index (χ3v) is 2.57. The molecule has 1 heterocycles. The number of methoxy groups -OCH3 is 1. The smallest absolute Gasteiger partial charge is 0.198 e. The minimum Gasteiger partial charge on any atom is -0.496 e. The van der Waals surface area contributed by atoms with E-state index in [-0.39, 0.29) is 0 Å². The molecule has 2 aromatic rings. The lowest BCUT2D eigenvalue weighted by molar-refractivity contribution is 0.412. The van der Waals surface area contributed by atoms with Crippen molar-refractivity contribution in [3.05, 3.63) is 29.5 Å². The zero-order chi connectivity index (χ0) is 11.7. The van der Waals surface area contributed by atoms with E-state index in [1.807, 2.05) is 32.0 Å². The number of H-pyrrole nitrogens is 1. The molecule has 0 atom stereocenters. The van der Waals surface area contributed by atoms with Crippen molar-refractivity contribution in [1.29, 1.82) is 0 Å². The molecule has 0 bridgehead atoms. The summed E-state index contributed by atoms with van der Waals surface area (Å²) in [4.78, 5) is 7.25. The minimum absolute atomic E-state index is 0.445. The number of aromatic nitrogens is 2. The highest BCUT2D eigenvalue weighted by molar-refractivity contribution is 5.65. The number of nitrogens with zero attached hydrogens (tertiary/aromatic N) is 1. The van der Waals surface area contributed by atoms with Crippen LogP contribution in [0.5, 0.6) is 5.75 Å². The molecule has 4 heteroatoms. The van der Waals surface area contributed by atoms with Crippen molar-refractivity contribution < 1.29 is 4.74 Å². The summed E-state index contributed by atoms with van der Waals surface area (Å²) in [5.41, 5.74) is 9.61. The highest BCUT2D eigenvalue weighted by atomic mass is 16.5. The first-order valence-corrected chi connectivity index (χ1v) is 5.09. The van der Waals surface area contributed by atoms with E-state index in [1.54, 1.807) is 7.11 Å². The topological polar surface area (TPSA) is 63.9 Å². The molecule has 4 nitrogen and oxygen atoms in total. The number of aromatic amines is 1. The van der Waals surface area contributed by atoms with E-state index >= 15 is 0 Å². The van der Waals surface area contributed by atoms with Gasteiger partial charge in [0.15, 0.2) is 5.95 Å². The number of anilines is 1. The Bertz CT molecular complexity index is 517.